The fraction of sp³-hybridized carbons (Fsp3) is 0.350. The van der Waals surface area contributed by atoms with Crippen LogP contribution < -0.4 is 5.32 Å². The Labute approximate surface area is 171 Å². The molecule has 0 radical (unpaired) electrons. The topological polar surface area (TPSA) is 69.7 Å². The smallest absolute Gasteiger partial charge is 0.245 e. The van der Waals surface area contributed by atoms with Crippen LogP contribution in [0.5, 0.6) is 0 Å². The summed E-state index contributed by atoms with van der Waals surface area (Å²) >= 11 is 5.60. The zero-order valence-corrected chi connectivity index (χ0v) is 17.3. The number of amides is 1. The van der Waals surface area contributed by atoms with E-state index >= 15 is 0 Å². The lowest BCUT2D eigenvalue weighted by atomic mass is 10.2. The standard InChI is InChI=1S/C20H24ClN3O3S/c1-16-7-8-18(22-15-17-5-3-2-4-6-17)19(13-16)28(26,27)24-11-9-23(10-12-24)20(25)14-21/h2-8,13,22H,9-12,14-15H2,1H3. The van der Waals surface area contributed by atoms with Crippen LogP contribution in [-0.4, -0.2) is 55.6 Å². The molecule has 1 aliphatic rings. The zero-order valence-electron chi connectivity index (χ0n) is 15.8. The summed E-state index contributed by atoms with van der Waals surface area (Å²) in [7, 11) is -3.68. The van der Waals surface area contributed by atoms with Crippen LogP contribution in [0, 0.1) is 6.92 Å². The Morgan fingerprint density at radius 3 is 2.39 bits per heavy atom. The zero-order chi connectivity index (χ0) is 20.1. The van der Waals surface area contributed by atoms with E-state index in [1.807, 2.05) is 43.3 Å². The molecule has 2 aromatic carbocycles. The number of aryl methyl sites for hydroxylation is 1. The van der Waals surface area contributed by atoms with Gasteiger partial charge in [0.2, 0.25) is 15.9 Å². The number of alkyl halides is 1. The van der Waals surface area contributed by atoms with Gasteiger partial charge in [0, 0.05) is 32.7 Å². The molecule has 0 atom stereocenters. The van der Waals surface area contributed by atoms with Crippen molar-refractivity contribution in [3.63, 3.8) is 0 Å². The van der Waals surface area contributed by atoms with Gasteiger partial charge < -0.3 is 10.2 Å². The summed E-state index contributed by atoms with van der Waals surface area (Å²) in [4.78, 5) is 13.6. The van der Waals surface area contributed by atoms with Gasteiger partial charge in [-0.3, -0.25) is 4.79 Å². The summed E-state index contributed by atoms with van der Waals surface area (Å²) in [6, 6.07) is 15.2. The molecule has 0 aromatic heterocycles. The van der Waals surface area contributed by atoms with E-state index in [2.05, 4.69) is 5.32 Å². The van der Waals surface area contributed by atoms with Crippen molar-refractivity contribution in [3.8, 4) is 0 Å². The number of halogens is 1. The van der Waals surface area contributed by atoms with E-state index < -0.39 is 10.0 Å². The van der Waals surface area contributed by atoms with Gasteiger partial charge in [-0.25, -0.2) is 8.42 Å². The molecule has 150 valence electrons. The van der Waals surface area contributed by atoms with Gasteiger partial charge in [0.15, 0.2) is 0 Å². The predicted octanol–water partition coefficient (Wildman–Crippen LogP) is 2.68. The number of carbonyl (C=O) groups is 1. The third-order valence-corrected chi connectivity index (χ3v) is 6.95. The number of piperazine rings is 1. The molecule has 28 heavy (non-hydrogen) atoms. The van der Waals surface area contributed by atoms with E-state index in [4.69, 9.17) is 11.6 Å². The minimum Gasteiger partial charge on any atom is -0.380 e. The highest BCUT2D eigenvalue weighted by molar-refractivity contribution is 7.89. The van der Waals surface area contributed by atoms with E-state index in [1.165, 1.54) is 4.31 Å². The molecule has 1 fully saturated rings. The van der Waals surface area contributed by atoms with Gasteiger partial charge in [0.25, 0.3) is 0 Å². The SMILES string of the molecule is Cc1ccc(NCc2ccccc2)c(S(=O)(=O)N2CCN(C(=O)CCl)CC2)c1. The maximum Gasteiger partial charge on any atom is 0.245 e. The Bertz CT molecular complexity index is 927. The second-order valence-electron chi connectivity index (χ2n) is 6.76. The lowest BCUT2D eigenvalue weighted by Gasteiger charge is -2.34. The molecule has 0 aliphatic carbocycles. The number of nitrogens with one attached hydrogen (secondary N) is 1. The molecule has 2 aromatic rings. The highest BCUT2D eigenvalue weighted by atomic mass is 35.5. The Hall–Kier alpha value is -2.09. The Balaban J connectivity index is 1.79. The number of rotatable bonds is 6. The Kier molecular flexibility index (Phi) is 6.59. The van der Waals surface area contributed by atoms with Crippen molar-refractivity contribution >= 4 is 33.2 Å². The molecule has 0 unspecified atom stereocenters. The fourth-order valence-electron chi connectivity index (χ4n) is 3.18. The monoisotopic (exact) mass is 421 g/mol. The van der Waals surface area contributed by atoms with Gasteiger partial charge in [-0.15, -0.1) is 11.6 Å². The van der Waals surface area contributed by atoms with E-state index in [1.54, 1.807) is 17.0 Å². The third-order valence-electron chi connectivity index (χ3n) is 4.79. The van der Waals surface area contributed by atoms with Crippen LogP contribution >= 0.6 is 11.6 Å². The molecule has 1 aliphatic heterocycles. The Morgan fingerprint density at radius 2 is 1.75 bits per heavy atom. The summed E-state index contributed by atoms with van der Waals surface area (Å²) in [6.07, 6.45) is 0. The van der Waals surface area contributed by atoms with Crippen molar-refractivity contribution in [2.45, 2.75) is 18.4 Å². The van der Waals surface area contributed by atoms with E-state index in [0.717, 1.165) is 11.1 Å². The number of nitrogens with zero attached hydrogens (tertiary/aromatic N) is 2. The van der Waals surface area contributed by atoms with Crippen molar-refractivity contribution < 1.29 is 13.2 Å². The first-order valence-corrected chi connectivity index (χ1v) is 11.1. The van der Waals surface area contributed by atoms with Gasteiger partial charge in [0.05, 0.1) is 5.69 Å². The summed E-state index contributed by atoms with van der Waals surface area (Å²) in [5.74, 6) is -0.252. The normalized spacial score (nSPS) is 15.4. The molecular weight excluding hydrogens is 398 g/mol. The van der Waals surface area contributed by atoms with Gasteiger partial charge in [-0.05, 0) is 30.2 Å². The Morgan fingerprint density at radius 1 is 1.07 bits per heavy atom. The van der Waals surface area contributed by atoms with E-state index in [9.17, 15) is 13.2 Å². The molecule has 6 nitrogen and oxygen atoms in total. The van der Waals surface area contributed by atoms with Crippen LogP contribution in [0.1, 0.15) is 11.1 Å². The highest BCUT2D eigenvalue weighted by Gasteiger charge is 2.31. The van der Waals surface area contributed by atoms with Crippen molar-refractivity contribution in [3.05, 3.63) is 59.7 Å². The molecule has 0 bridgehead atoms. The summed E-state index contributed by atoms with van der Waals surface area (Å²) in [5, 5.41) is 3.25. The predicted molar refractivity (Wildman–Crippen MR) is 111 cm³/mol. The molecule has 1 heterocycles. The van der Waals surface area contributed by atoms with Gasteiger partial charge >= 0.3 is 0 Å². The van der Waals surface area contributed by atoms with Crippen molar-refractivity contribution in [1.82, 2.24) is 9.21 Å². The third kappa shape index (κ3) is 4.66. The minimum atomic E-state index is -3.68. The minimum absolute atomic E-state index is 0.0851. The van der Waals surface area contributed by atoms with Crippen molar-refractivity contribution in [2.24, 2.45) is 0 Å². The number of carbonyl (C=O) groups excluding carboxylic acids is 1. The van der Waals surface area contributed by atoms with Crippen molar-refractivity contribution in [2.75, 3.05) is 37.4 Å². The first-order chi connectivity index (χ1) is 13.4. The quantitative estimate of drug-likeness (QED) is 0.728. The molecule has 3 rings (SSSR count). The molecule has 1 N–H and O–H groups in total. The van der Waals surface area contributed by atoms with Crippen LogP contribution in [0.2, 0.25) is 0 Å². The molecule has 0 saturated carbocycles. The van der Waals surface area contributed by atoms with Crippen LogP contribution in [0.15, 0.2) is 53.4 Å². The van der Waals surface area contributed by atoms with Crippen LogP contribution in [0.25, 0.3) is 0 Å². The second-order valence-corrected chi connectivity index (χ2v) is 8.93. The van der Waals surface area contributed by atoms with Crippen LogP contribution in [0.3, 0.4) is 0 Å². The molecule has 8 heteroatoms. The summed E-state index contributed by atoms with van der Waals surface area (Å²) < 4.78 is 28.0. The largest absolute Gasteiger partial charge is 0.380 e. The van der Waals surface area contributed by atoms with Gasteiger partial charge in [-0.2, -0.15) is 4.31 Å². The number of benzene rings is 2. The van der Waals surface area contributed by atoms with Crippen molar-refractivity contribution in [1.29, 1.82) is 0 Å². The average molecular weight is 422 g/mol. The van der Waals surface area contributed by atoms with E-state index in [0.29, 0.717) is 25.3 Å². The molecule has 1 saturated heterocycles. The molecule has 1 amide bonds. The van der Waals surface area contributed by atoms with Gasteiger partial charge in [0.1, 0.15) is 10.8 Å². The maximum atomic E-state index is 13.3. The highest BCUT2D eigenvalue weighted by Crippen LogP contribution is 2.27. The van der Waals surface area contributed by atoms with Crippen LogP contribution in [-0.2, 0) is 21.4 Å². The summed E-state index contributed by atoms with van der Waals surface area (Å²) in [5.41, 5.74) is 2.52. The number of anilines is 1. The second kappa shape index (κ2) is 8.94. The number of hydrogen-bond acceptors (Lipinski definition) is 4. The first-order valence-electron chi connectivity index (χ1n) is 9.14. The average Bonchev–Trinajstić information content (AvgIpc) is 2.73. The molecule has 0 spiro atoms. The first kappa shape index (κ1) is 20.6. The number of hydrogen-bond donors (Lipinski definition) is 1. The van der Waals surface area contributed by atoms with Gasteiger partial charge in [-0.1, -0.05) is 36.4 Å². The van der Waals surface area contributed by atoms with E-state index in [-0.39, 0.29) is 29.8 Å². The number of sulfonamides is 1. The maximum absolute atomic E-state index is 13.3. The fourth-order valence-corrected chi connectivity index (χ4v) is 5.03. The summed E-state index contributed by atoms with van der Waals surface area (Å²) in [6.45, 7) is 3.63. The molecular formula is C20H24ClN3O3S. The lowest BCUT2D eigenvalue weighted by Crippen LogP contribution is -2.50. The lowest BCUT2D eigenvalue weighted by molar-refractivity contribution is -0.129. The van der Waals surface area contributed by atoms with Crippen LogP contribution in [0.4, 0.5) is 5.69 Å².